The second kappa shape index (κ2) is 10.1. The van der Waals surface area contributed by atoms with Crippen molar-refractivity contribution in [1.29, 1.82) is 0 Å². The maximum atomic E-state index is 14.9. The first-order valence-electron chi connectivity index (χ1n) is 19.4. The fraction of sp³-hybridized carbons (Fsp3) is 0.674. The highest BCUT2D eigenvalue weighted by Crippen LogP contribution is 2.74. The lowest BCUT2D eigenvalue weighted by atomic mass is 9.40. The molecule has 3 fully saturated rings. The van der Waals surface area contributed by atoms with Crippen LogP contribution in [0.1, 0.15) is 139 Å². The molecule has 0 radical (unpaired) electrons. The van der Waals surface area contributed by atoms with Gasteiger partial charge in [-0.05, 0) is 120 Å². The maximum absolute atomic E-state index is 14.9. The quantitative estimate of drug-likeness (QED) is 0.254. The van der Waals surface area contributed by atoms with E-state index in [0.717, 1.165) is 52.4 Å². The predicted octanol–water partition coefficient (Wildman–Crippen LogP) is 6.79. The molecule has 9 heteroatoms. The van der Waals surface area contributed by atoms with Crippen molar-refractivity contribution in [2.75, 3.05) is 0 Å². The zero-order chi connectivity index (χ0) is 37.6. The fourth-order valence-electron chi connectivity index (χ4n) is 13.8. The van der Waals surface area contributed by atoms with Crippen LogP contribution in [0.3, 0.4) is 0 Å². The molecule has 4 N–H and O–H groups in total. The second-order valence-corrected chi connectivity index (χ2v) is 19.6. The van der Waals surface area contributed by atoms with E-state index in [1.807, 2.05) is 20.8 Å². The molecule has 9 nitrogen and oxygen atoms in total. The van der Waals surface area contributed by atoms with Gasteiger partial charge in [-0.3, -0.25) is 9.59 Å². The minimum absolute atomic E-state index is 0.00783. The van der Waals surface area contributed by atoms with Crippen LogP contribution in [-0.2, 0) is 26.1 Å². The molecule has 0 amide bonds. The predicted molar refractivity (Wildman–Crippen MR) is 196 cm³/mol. The highest BCUT2D eigenvalue weighted by Gasteiger charge is 2.74. The van der Waals surface area contributed by atoms with Crippen LogP contribution in [0.25, 0.3) is 16.5 Å². The van der Waals surface area contributed by atoms with Crippen molar-refractivity contribution in [3.05, 3.63) is 52.2 Å². The number of benzene rings is 1. The van der Waals surface area contributed by atoms with E-state index in [0.29, 0.717) is 30.7 Å². The first kappa shape index (κ1) is 34.9. The molecule has 0 unspecified atom stereocenters. The number of Topliss-reactive ketones (excluding diaryl/α,β-unsaturated/α-hetero) is 1. The molecule has 52 heavy (non-hydrogen) atoms. The number of ketones is 1. The van der Waals surface area contributed by atoms with Crippen molar-refractivity contribution in [2.45, 2.75) is 148 Å². The number of nitrogens with zero attached hydrogens (tertiary/aromatic N) is 1. The molecule has 1 saturated heterocycles. The lowest BCUT2D eigenvalue weighted by Gasteiger charge is -2.65. The summed E-state index contributed by atoms with van der Waals surface area (Å²) in [6, 6.07) is 1.69. The lowest BCUT2D eigenvalue weighted by molar-refractivity contribution is -0.301. The van der Waals surface area contributed by atoms with Crippen LogP contribution in [0.2, 0.25) is 0 Å². The fourth-order valence-corrected chi connectivity index (χ4v) is 13.8. The van der Waals surface area contributed by atoms with Gasteiger partial charge in [-0.2, -0.15) is 0 Å². The third-order valence-electron chi connectivity index (χ3n) is 16.1. The summed E-state index contributed by atoms with van der Waals surface area (Å²) in [5, 5.41) is 46.4. The summed E-state index contributed by atoms with van der Waals surface area (Å²) >= 11 is 0. The Kier molecular flexibility index (Phi) is 6.76. The molecule has 0 spiro atoms. The highest BCUT2D eigenvalue weighted by atomic mass is 16.6. The Labute approximate surface area is 306 Å². The Morgan fingerprint density at radius 3 is 2.42 bits per heavy atom. The number of carbonyl (C=O) groups is 2. The molecule has 4 heterocycles. The summed E-state index contributed by atoms with van der Waals surface area (Å²) in [6.07, 6.45) is 3.35. The number of carboxylic acids is 1. The zero-order valence-corrected chi connectivity index (χ0v) is 32.1. The molecule has 12 atom stereocenters. The number of hydrogen-bond acceptors (Lipinski definition) is 7. The molecule has 280 valence electrons. The van der Waals surface area contributed by atoms with Gasteiger partial charge in [-0.15, -0.1) is 0 Å². The molecule has 2 saturated carbocycles. The summed E-state index contributed by atoms with van der Waals surface area (Å²) in [6.45, 7) is 22.8. The van der Waals surface area contributed by atoms with Crippen molar-refractivity contribution in [2.24, 2.45) is 34.5 Å². The van der Waals surface area contributed by atoms with Crippen molar-refractivity contribution >= 4 is 28.2 Å². The Morgan fingerprint density at radius 2 is 1.77 bits per heavy atom. The van der Waals surface area contributed by atoms with Crippen LogP contribution in [0.15, 0.2) is 24.3 Å². The average Bonchev–Trinajstić information content (AvgIpc) is 3.77. The largest absolute Gasteiger partial charge is 0.481 e. The van der Waals surface area contributed by atoms with E-state index in [1.54, 1.807) is 0 Å². The van der Waals surface area contributed by atoms with Gasteiger partial charge in [0.15, 0.2) is 11.6 Å². The molecule has 9 rings (SSSR count). The van der Waals surface area contributed by atoms with Gasteiger partial charge in [0.05, 0.1) is 46.5 Å². The number of carboxylic acid groups (broad SMARTS) is 1. The van der Waals surface area contributed by atoms with Crippen LogP contribution in [-0.4, -0.2) is 65.9 Å². The number of fused-ring (bicyclic) bond motifs is 13. The molecule has 0 bridgehead atoms. The van der Waals surface area contributed by atoms with Gasteiger partial charge >= 0.3 is 5.97 Å². The third-order valence-corrected chi connectivity index (χ3v) is 16.1. The number of aliphatic hydroxyl groups is 3. The molecule has 4 aliphatic carbocycles. The third kappa shape index (κ3) is 3.83. The van der Waals surface area contributed by atoms with Crippen LogP contribution in [0, 0.1) is 34.5 Å². The van der Waals surface area contributed by atoms with Gasteiger partial charge in [0.1, 0.15) is 6.04 Å². The van der Waals surface area contributed by atoms with Gasteiger partial charge in [0.2, 0.25) is 0 Å². The van der Waals surface area contributed by atoms with E-state index in [-0.39, 0.29) is 28.4 Å². The normalized spacial score (nSPS) is 42.8. The van der Waals surface area contributed by atoms with Crippen LogP contribution in [0.5, 0.6) is 0 Å². The molecule has 7 aliphatic rings. The molecular formula is C43H55NO8. The van der Waals surface area contributed by atoms with Gasteiger partial charge < -0.3 is 34.5 Å². The van der Waals surface area contributed by atoms with Crippen molar-refractivity contribution < 1.29 is 39.5 Å². The standard InChI is InChI=1S/C43H55NO8/c1-19(2)31-35(47)29-28-22(25-17-38(4,5)52-39(6,7)30(25)34(28)46)16-23-24-15-21-11-12-27-40(8,42(21,10)36(24)44(31)32(23)29)13-14-43(50)41(27,9)18-26(51-43)33(45)20(3)37(48)49/h16-17,20-21,26-27,30-31,33-34,45-46,50H,1,11-15,18H2,2-10H3,(H,48,49)/t20-,21-,26-,27+,30+,31-,33-,34+,40-,41-,42+,43-/m0/s1. The SMILES string of the molecule is C=C(C)[C@H]1C(=O)c2c3c(cc4c5c(n1c24)[C@@]1(C)[C@@H](CC[C@@H]2[C@]1(C)CC[C@]1(O)O[C@H]([C@@H](O)[C@H](C)C(=O)O)C[C@@]21C)C5)C1=CC(C)(C)OC(C)(C)[C@H]1[C@@H]3O. The zero-order valence-electron chi connectivity index (χ0n) is 32.1. The van der Waals surface area contributed by atoms with E-state index in [4.69, 9.17) is 9.47 Å². The molecular weight excluding hydrogens is 658 g/mol. The molecule has 1 aromatic carbocycles. The first-order valence-corrected chi connectivity index (χ1v) is 19.4. The number of aliphatic carboxylic acids is 1. The van der Waals surface area contributed by atoms with Crippen LogP contribution in [0.4, 0.5) is 0 Å². The van der Waals surface area contributed by atoms with Gasteiger partial charge in [0.25, 0.3) is 0 Å². The smallest absolute Gasteiger partial charge is 0.308 e. The Morgan fingerprint density at radius 1 is 1.08 bits per heavy atom. The number of ether oxygens (including phenoxy) is 2. The van der Waals surface area contributed by atoms with Crippen LogP contribution >= 0.6 is 0 Å². The van der Waals surface area contributed by atoms with E-state index < -0.39 is 58.6 Å². The summed E-state index contributed by atoms with van der Waals surface area (Å²) in [5.41, 5.74) is 4.93. The average molecular weight is 714 g/mol. The number of aliphatic hydroxyl groups excluding tert-OH is 2. The monoisotopic (exact) mass is 713 g/mol. The number of aromatic nitrogens is 1. The number of rotatable bonds is 4. The van der Waals surface area contributed by atoms with E-state index in [9.17, 15) is 30.0 Å². The summed E-state index contributed by atoms with van der Waals surface area (Å²) in [7, 11) is 0. The van der Waals surface area contributed by atoms with E-state index in [1.165, 1.54) is 18.2 Å². The van der Waals surface area contributed by atoms with E-state index >= 15 is 0 Å². The number of allylic oxidation sites excluding steroid dienone is 1. The Bertz CT molecular complexity index is 2060. The summed E-state index contributed by atoms with van der Waals surface area (Å²) < 4.78 is 15.2. The van der Waals surface area contributed by atoms with Crippen molar-refractivity contribution in [1.82, 2.24) is 4.57 Å². The first-order chi connectivity index (χ1) is 24.0. The summed E-state index contributed by atoms with van der Waals surface area (Å²) in [5.74, 6) is -3.58. The molecule has 2 aromatic rings. The lowest BCUT2D eigenvalue weighted by Crippen LogP contribution is -2.65. The van der Waals surface area contributed by atoms with Gasteiger partial charge in [-0.25, -0.2) is 0 Å². The number of hydrogen-bond donors (Lipinski definition) is 4. The molecule has 1 aromatic heterocycles. The highest BCUT2D eigenvalue weighted by molar-refractivity contribution is 6.18. The maximum Gasteiger partial charge on any atom is 0.308 e. The topological polar surface area (TPSA) is 138 Å². The second-order valence-electron chi connectivity index (χ2n) is 19.6. The summed E-state index contributed by atoms with van der Waals surface area (Å²) in [4.78, 5) is 26.7. The van der Waals surface area contributed by atoms with Gasteiger partial charge in [0, 0.05) is 39.8 Å². The minimum atomic E-state index is -1.48. The van der Waals surface area contributed by atoms with Crippen LogP contribution < -0.4 is 0 Å². The van der Waals surface area contributed by atoms with Crippen molar-refractivity contribution in [3.63, 3.8) is 0 Å². The number of carbonyl (C=O) groups excluding carboxylic acids is 1. The van der Waals surface area contributed by atoms with E-state index in [2.05, 4.69) is 57.9 Å². The minimum Gasteiger partial charge on any atom is -0.481 e. The Balaban J connectivity index is 1.24. The molecule has 3 aliphatic heterocycles. The van der Waals surface area contributed by atoms with Crippen molar-refractivity contribution in [3.8, 4) is 0 Å². The Hall–Kier alpha value is -2.82. The van der Waals surface area contributed by atoms with Gasteiger partial charge in [-0.1, -0.05) is 32.9 Å².